The largest absolute Gasteiger partial charge is 0.388 e. The number of rotatable bonds is 7. The van der Waals surface area contributed by atoms with Crippen molar-refractivity contribution in [3.8, 4) is 0 Å². The van der Waals surface area contributed by atoms with E-state index in [-0.39, 0.29) is 35.2 Å². The predicted molar refractivity (Wildman–Crippen MR) is 115 cm³/mol. The van der Waals surface area contributed by atoms with E-state index in [2.05, 4.69) is 16.5 Å². The van der Waals surface area contributed by atoms with Crippen LogP contribution in [-0.4, -0.2) is 53.4 Å². The lowest BCUT2D eigenvalue weighted by atomic mass is 9.96. The smallest absolute Gasteiger partial charge is 0.354 e. The van der Waals surface area contributed by atoms with Gasteiger partial charge in [-0.1, -0.05) is 13.5 Å². The third-order valence-electron chi connectivity index (χ3n) is 5.59. The molecule has 0 aliphatic carbocycles. The molecule has 1 aliphatic rings. The summed E-state index contributed by atoms with van der Waals surface area (Å²) in [6.07, 6.45) is -4.08. The predicted octanol–water partition coefficient (Wildman–Crippen LogP) is 1.29. The van der Waals surface area contributed by atoms with E-state index in [0.717, 1.165) is 4.40 Å². The highest BCUT2D eigenvalue weighted by atomic mass is 31.2. The molecule has 0 spiro atoms. The molecule has 5 unspecified atom stereocenters. The number of H-pyrrole nitrogens is 1. The fourth-order valence-corrected chi connectivity index (χ4v) is 5.00. The number of hydrogen-bond donors (Lipinski definition) is 4. The lowest BCUT2D eigenvalue weighted by molar-refractivity contribution is -0.0391. The van der Waals surface area contributed by atoms with Crippen LogP contribution in [0.2, 0.25) is 0 Å². The van der Waals surface area contributed by atoms with Gasteiger partial charge in [-0.2, -0.15) is 9.37 Å². The molecule has 3 heterocycles. The Balaban J connectivity index is 1.90. The monoisotopic (exact) mass is 487 g/mol. The van der Waals surface area contributed by atoms with E-state index in [1.807, 2.05) is 0 Å². The molecule has 0 bridgehead atoms. The van der Waals surface area contributed by atoms with Gasteiger partial charge in [-0.3, -0.25) is 28.1 Å². The Labute approximate surface area is 188 Å². The zero-order valence-corrected chi connectivity index (χ0v) is 19.5. The van der Waals surface area contributed by atoms with Crippen LogP contribution in [0.3, 0.4) is 0 Å². The Morgan fingerprint density at radius 1 is 1.39 bits per heavy atom. The maximum Gasteiger partial charge on any atom is 0.354 e. The molecule has 0 amide bonds. The number of nitrogens with zero attached hydrogens (tertiary/aromatic N) is 2. The van der Waals surface area contributed by atoms with Gasteiger partial charge in [-0.25, -0.2) is 0 Å². The first kappa shape index (κ1) is 25.4. The third kappa shape index (κ3) is 4.86. The fraction of sp³-hybridized carbons (Fsp3) is 0.550. The van der Waals surface area contributed by atoms with Crippen molar-refractivity contribution in [2.75, 3.05) is 0 Å². The van der Waals surface area contributed by atoms with Gasteiger partial charge in [0, 0.05) is 17.9 Å². The van der Waals surface area contributed by atoms with Crippen molar-refractivity contribution in [2.24, 2.45) is 0 Å². The van der Waals surface area contributed by atoms with Gasteiger partial charge < -0.3 is 19.8 Å². The Bertz CT molecular complexity index is 1260. The van der Waals surface area contributed by atoms with Crippen molar-refractivity contribution in [2.45, 2.75) is 70.6 Å². The quantitative estimate of drug-likeness (QED) is 0.421. The van der Waals surface area contributed by atoms with Crippen molar-refractivity contribution in [3.05, 3.63) is 55.9 Å². The van der Waals surface area contributed by atoms with Crippen LogP contribution in [0.25, 0.3) is 5.78 Å². The second-order valence-electron chi connectivity index (χ2n) is 8.62. The average Bonchev–Trinajstić information content (AvgIpc) is 2.98. The molecule has 11 nitrogen and oxygen atoms in total. The second-order valence-corrected chi connectivity index (χ2v) is 10.5. The van der Waals surface area contributed by atoms with Crippen molar-refractivity contribution in [1.29, 1.82) is 0 Å². The topological polar surface area (TPSA) is 163 Å². The Morgan fingerprint density at radius 2 is 2.03 bits per heavy atom. The van der Waals surface area contributed by atoms with Crippen molar-refractivity contribution >= 4 is 13.4 Å². The molecule has 3 rings (SSSR count). The third-order valence-corrected chi connectivity index (χ3v) is 7.45. The van der Waals surface area contributed by atoms with Gasteiger partial charge in [-0.15, -0.1) is 0 Å². The van der Waals surface area contributed by atoms with Gasteiger partial charge in [0.1, 0.15) is 18.3 Å². The molecule has 4 N–H and O–H groups in total. The van der Waals surface area contributed by atoms with Gasteiger partial charge in [0.05, 0.1) is 23.0 Å². The summed E-state index contributed by atoms with van der Waals surface area (Å²) in [7, 11) is -4.14. The lowest BCUT2D eigenvalue weighted by Crippen LogP contribution is -2.37. The number of nitrogens with one attached hydrogen (secondary N) is 1. The molecule has 1 fully saturated rings. The van der Waals surface area contributed by atoms with Crippen LogP contribution in [0, 0.1) is 12.7 Å². The Kier molecular flexibility index (Phi) is 6.82. The Hall–Kier alpha value is -2.21. The van der Waals surface area contributed by atoms with Gasteiger partial charge in [-0.05, 0) is 27.2 Å². The molecule has 33 heavy (non-hydrogen) atoms. The molecule has 0 aromatic carbocycles. The standard InChI is InChI=1S/C20H27FN3O8P/c1-6-9(2)33(29,30)32-20(4,5)7-12-14(25)15(26)16(31-12)11-8-24-10(3)13(21)18(28)23-19(24)22-17(11)27/h8,12,14-16,25-26H,2,6-7H2,1,3-5H3,(H,29,30)(H,22,23,27,28). The van der Waals surface area contributed by atoms with E-state index < -0.39 is 54.5 Å². The summed E-state index contributed by atoms with van der Waals surface area (Å²) >= 11 is 0. The number of aliphatic hydroxyl groups is 2. The molecule has 2 aromatic rings. The van der Waals surface area contributed by atoms with Crippen LogP contribution in [0.5, 0.6) is 0 Å². The van der Waals surface area contributed by atoms with E-state index in [1.165, 1.54) is 27.0 Å². The fourth-order valence-electron chi connectivity index (χ4n) is 3.73. The molecule has 0 saturated carbocycles. The highest BCUT2D eigenvalue weighted by Crippen LogP contribution is 2.55. The number of ether oxygens (including phenoxy) is 1. The summed E-state index contributed by atoms with van der Waals surface area (Å²) in [4.78, 5) is 40.1. The summed E-state index contributed by atoms with van der Waals surface area (Å²) in [6.45, 7) is 9.55. The minimum atomic E-state index is -4.14. The lowest BCUT2D eigenvalue weighted by Gasteiger charge is -2.31. The summed E-state index contributed by atoms with van der Waals surface area (Å²) in [6, 6.07) is 0. The molecule has 5 atom stereocenters. The molecule has 2 aromatic heterocycles. The van der Waals surface area contributed by atoms with Crippen molar-refractivity contribution in [3.63, 3.8) is 0 Å². The van der Waals surface area contributed by atoms with Gasteiger partial charge >= 0.3 is 7.60 Å². The molecule has 0 radical (unpaired) electrons. The molecular formula is C20H27FN3O8P. The highest BCUT2D eigenvalue weighted by molar-refractivity contribution is 7.57. The molecule has 1 aliphatic heterocycles. The SMILES string of the molecule is C=C(CC)P(=O)(O)OC(C)(C)CC1OC(c2cn3c(C)c(F)c(=O)[nH]c3nc2=O)C(O)C1O. The number of halogens is 1. The summed E-state index contributed by atoms with van der Waals surface area (Å²) in [5.41, 5.74) is -3.42. The second kappa shape index (κ2) is 8.86. The van der Waals surface area contributed by atoms with Crippen molar-refractivity contribution in [1.82, 2.24) is 14.4 Å². The van der Waals surface area contributed by atoms with Crippen LogP contribution in [0.4, 0.5) is 4.39 Å². The average molecular weight is 487 g/mol. The van der Waals surface area contributed by atoms with Crippen LogP contribution >= 0.6 is 7.60 Å². The maximum atomic E-state index is 14.0. The number of fused-ring (bicyclic) bond motifs is 1. The van der Waals surface area contributed by atoms with E-state index in [4.69, 9.17) is 9.26 Å². The van der Waals surface area contributed by atoms with Gasteiger partial charge in [0.25, 0.3) is 11.1 Å². The molecule has 182 valence electrons. The number of aryl methyl sites for hydroxylation is 1. The minimum absolute atomic E-state index is 0.0253. The summed E-state index contributed by atoms with van der Waals surface area (Å²) in [5.74, 6) is -1.26. The number of aromatic nitrogens is 3. The first-order valence-corrected chi connectivity index (χ1v) is 11.8. The number of aromatic amines is 1. The maximum absolute atomic E-state index is 14.0. The number of allylic oxidation sites excluding steroid dienone is 1. The van der Waals surface area contributed by atoms with Crippen LogP contribution in [0.1, 0.15) is 51.0 Å². The zero-order valence-electron chi connectivity index (χ0n) is 18.6. The summed E-state index contributed by atoms with van der Waals surface area (Å²) in [5, 5.41) is 21.1. The molecule has 13 heteroatoms. The van der Waals surface area contributed by atoms with E-state index in [0.29, 0.717) is 0 Å². The van der Waals surface area contributed by atoms with Gasteiger partial charge in [0.2, 0.25) is 11.6 Å². The first-order valence-electron chi connectivity index (χ1n) is 10.2. The van der Waals surface area contributed by atoms with Crippen LogP contribution < -0.4 is 11.1 Å². The van der Waals surface area contributed by atoms with E-state index in [1.54, 1.807) is 6.92 Å². The van der Waals surface area contributed by atoms with Crippen molar-refractivity contribution < 1.29 is 33.3 Å². The molecular weight excluding hydrogens is 460 g/mol. The van der Waals surface area contributed by atoms with Crippen LogP contribution in [-0.2, 0) is 13.8 Å². The zero-order chi connectivity index (χ0) is 24.9. The van der Waals surface area contributed by atoms with Crippen LogP contribution in [0.15, 0.2) is 27.7 Å². The van der Waals surface area contributed by atoms with E-state index >= 15 is 0 Å². The first-order chi connectivity index (χ1) is 15.2. The minimum Gasteiger partial charge on any atom is -0.388 e. The normalized spacial score (nSPS) is 25.3. The highest BCUT2D eigenvalue weighted by Gasteiger charge is 2.47. The molecule has 1 saturated heterocycles. The van der Waals surface area contributed by atoms with E-state index in [9.17, 15) is 33.7 Å². The number of aliphatic hydroxyl groups excluding tert-OH is 2. The summed E-state index contributed by atoms with van der Waals surface area (Å²) < 4.78 is 38.7. The number of hydrogen-bond acceptors (Lipinski definition) is 8. The van der Waals surface area contributed by atoms with Gasteiger partial charge in [0.15, 0.2) is 0 Å². The Morgan fingerprint density at radius 3 is 2.64 bits per heavy atom.